The van der Waals surface area contributed by atoms with Crippen LogP contribution in [0.5, 0.6) is 0 Å². The SMILES string of the molecule is CC(O)c1ccccc1NC(=O)Cc1ccc(F)cc1. The largest absolute Gasteiger partial charge is 0.389 e. The highest BCUT2D eigenvalue weighted by Gasteiger charge is 2.10. The van der Waals surface area contributed by atoms with E-state index in [1.807, 2.05) is 0 Å². The summed E-state index contributed by atoms with van der Waals surface area (Å²) < 4.78 is 12.8. The van der Waals surface area contributed by atoms with Gasteiger partial charge in [-0.05, 0) is 30.7 Å². The number of nitrogens with one attached hydrogen (secondary N) is 1. The quantitative estimate of drug-likeness (QED) is 0.899. The monoisotopic (exact) mass is 273 g/mol. The Morgan fingerprint density at radius 2 is 1.85 bits per heavy atom. The molecule has 0 spiro atoms. The van der Waals surface area contributed by atoms with Gasteiger partial charge in [-0.1, -0.05) is 30.3 Å². The summed E-state index contributed by atoms with van der Waals surface area (Å²) in [5.41, 5.74) is 1.99. The van der Waals surface area contributed by atoms with Crippen molar-refractivity contribution in [2.75, 3.05) is 5.32 Å². The van der Waals surface area contributed by atoms with Crippen LogP contribution >= 0.6 is 0 Å². The molecule has 0 bridgehead atoms. The molecule has 0 aliphatic carbocycles. The zero-order valence-corrected chi connectivity index (χ0v) is 11.1. The number of hydrogen-bond donors (Lipinski definition) is 2. The van der Waals surface area contributed by atoms with Crippen molar-refractivity contribution in [2.24, 2.45) is 0 Å². The first-order valence-corrected chi connectivity index (χ1v) is 6.37. The van der Waals surface area contributed by atoms with Crippen molar-refractivity contribution in [3.8, 4) is 0 Å². The van der Waals surface area contributed by atoms with Crippen molar-refractivity contribution in [2.45, 2.75) is 19.4 Å². The first-order chi connectivity index (χ1) is 9.56. The van der Waals surface area contributed by atoms with E-state index < -0.39 is 6.10 Å². The Kier molecular flexibility index (Phi) is 4.48. The number of carbonyl (C=O) groups is 1. The number of anilines is 1. The maximum absolute atomic E-state index is 12.8. The third-order valence-electron chi connectivity index (χ3n) is 2.96. The topological polar surface area (TPSA) is 49.3 Å². The fourth-order valence-corrected chi connectivity index (χ4v) is 1.96. The predicted molar refractivity (Wildman–Crippen MR) is 75.8 cm³/mol. The average Bonchev–Trinajstić information content (AvgIpc) is 2.41. The minimum absolute atomic E-state index is 0.161. The number of benzene rings is 2. The number of hydrogen-bond acceptors (Lipinski definition) is 2. The maximum Gasteiger partial charge on any atom is 0.228 e. The first kappa shape index (κ1) is 14.2. The second-order valence-corrected chi connectivity index (χ2v) is 4.61. The molecule has 0 saturated carbocycles. The lowest BCUT2D eigenvalue weighted by atomic mass is 10.1. The highest BCUT2D eigenvalue weighted by molar-refractivity contribution is 5.93. The molecule has 2 N–H and O–H groups in total. The molecule has 1 unspecified atom stereocenters. The lowest BCUT2D eigenvalue weighted by molar-refractivity contribution is -0.115. The molecule has 104 valence electrons. The molecule has 2 aromatic carbocycles. The van der Waals surface area contributed by atoms with Gasteiger partial charge in [0.25, 0.3) is 0 Å². The molecule has 1 atom stereocenters. The Morgan fingerprint density at radius 1 is 1.20 bits per heavy atom. The van der Waals surface area contributed by atoms with Crippen LogP contribution < -0.4 is 5.32 Å². The van der Waals surface area contributed by atoms with E-state index in [0.717, 1.165) is 5.56 Å². The first-order valence-electron chi connectivity index (χ1n) is 6.37. The zero-order chi connectivity index (χ0) is 14.5. The summed E-state index contributed by atoms with van der Waals surface area (Å²) in [6.45, 7) is 1.64. The van der Waals surface area contributed by atoms with Crippen molar-refractivity contribution in [1.82, 2.24) is 0 Å². The molecule has 0 aliphatic heterocycles. The molecule has 0 fully saturated rings. The molecular formula is C16H16FNO2. The third-order valence-corrected chi connectivity index (χ3v) is 2.96. The summed E-state index contributed by atoms with van der Waals surface area (Å²) in [5.74, 6) is -0.529. The van der Waals surface area contributed by atoms with Crippen molar-refractivity contribution in [3.05, 3.63) is 65.5 Å². The second kappa shape index (κ2) is 6.30. The molecule has 0 saturated heterocycles. The van der Waals surface area contributed by atoms with Crippen LogP contribution in [-0.2, 0) is 11.2 Å². The zero-order valence-electron chi connectivity index (χ0n) is 11.1. The molecule has 0 radical (unpaired) electrons. The van der Waals surface area contributed by atoms with Gasteiger partial charge in [-0.15, -0.1) is 0 Å². The van der Waals surface area contributed by atoms with Gasteiger partial charge in [0, 0.05) is 11.3 Å². The van der Waals surface area contributed by atoms with Crippen molar-refractivity contribution in [1.29, 1.82) is 0 Å². The van der Waals surface area contributed by atoms with E-state index in [-0.39, 0.29) is 18.1 Å². The summed E-state index contributed by atoms with van der Waals surface area (Å²) in [5, 5.41) is 12.4. The normalized spacial score (nSPS) is 11.9. The molecule has 0 heterocycles. The number of amides is 1. The van der Waals surface area contributed by atoms with E-state index in [1.54, 1.807) is 43.3 Å². The van der Waals surface area contributed by atoms with Crippen LogP contribution in [-0.4, -0.2) is 11.0 Å². The Balaban J connectivity index is 2.07. The molecule has 3 nitrogen and oxygen atoms in total. The van der Waals surface area contributed by atoms with Gasteiger partial charge in [-0.3, -0.25) is 4.79 Å². The predicted octanol–water partition coefficient (Wildman–Crippen LogP) is 3.06. The van der Waals surface area contributed by atoms with Crippen LogP contribution in [0.25, 0.3) is 0 Å². The van der Waals surface area contributed by atoms with Gasteiger partial charge < -0.3 is 10.4 Å². The van der Waals surface area contributed by atoms with Crippen LogP contribution in [0.3, 0.4) is 0 Å². The molecule has 2 aromatic rings. The van der Waals surface area contributed by atoms with E-state index in [9.17, 15) is 14.3 Å². The minimum Gasteiger partial charge on any atom is -0.389 e. The van der Waals surface area contributed by atoms with Crippen LogP contribution in [0.1, 0.15) is 24.2 Å². The number of aliphatic hydroxyl groups is 1. The number of para-hydroxylation sites is 1. The summed E-state index contributed by atoms with van der Waals surface area (Å²) in [4.78, 5) is 12.0. The number of carbonyl (C=O) groups excluding carboxylic acids is 1. The Hall–Kier alpha value is -2.20. The Morgan fingerprint density at radius 3 is 2.50 bits per heavy atom. The van der Waals surface area contributed by atoms with Gasteiger partial charge in [0.05, 0.1) is 12.5 Å². The van der Waals surface area contributed by atoms with Crippen LogP contribution in [0.2, 0.25) is 0 Å². The molecule has 0 aromatic heterocycles. The van der Waals surface area contributed by atoms with E-state index in [4.69, 9.17) is 0 Å². The van der Waals surface area contributed by atoms with E-state index >= 15 is 0 Å². The lowest BCUT2D eigenvalue weighted by Gasteiger charge is -2.13. The molecule has 0 aliphatic rings. The van der Waals surface area contributed by atoms with Gasteiger partial charge in [-0.25, -0.2) is 4.39 Å². The summed E-state index contributed by atoms with van der Waals surface area (Å²) in [6.07, 6.45) is -0.494. The highest BCUT2D eigenvalue weighted by atomic mass is 19.1. The molecular weight excluding hydrogens is 257 g/mol. The summed E-state index contributed by atoms with van der Waals surface area (Å²) >= 11 is 0. The van der Waals surface area contributed by atoms with Crippen molar-refractivity contribution < 1.29 is 14.3 Å². The van der Waals surface area contributed by atoms with Crippen molar-refractivity contribution >= 4 is 11.6 Å². The Bertz CT molecular complexity index is 594. The standard InChI is InChI=1S/C16H16FNO2/c1-11(19)14-4-2-3-5-15(14)18-16(20)10-12-6-8-13(17)9-7-12/h2-9,11,19H,10H2,1H3,(H,18,20). The van der Waals surface area contributed by atoms with Gasteiger partial charge in [0.15, 0.2) is 0 Å². The molecule has 1 amide bonds. The minimum atomic E-state index is -0.655. The lowest BCUT2D eigenvalue weighted by Crippen LogP contribution is -2.16. The summed E-state index contributed by atoms with van der Waals surface area (Å²) in [6, 6.07) is 12.9. The summed E-state index contributed by atoms with van der Waals surface area (Å²) in [7, 11) is 0. The average molecular weight is 273 g/mol. The molecule has 4 heteroatoms. The van der Waals surface area contributed by atoms with E-state index in [1.165, 1.54) is 12.1 Å². The molecule has 20 heavy (non-hydrogen) atoms. The van der Waals surface area contributed by atoms with E-state index in [0.29, 0.717) is 11.3 Å². The van der Waals surface area contributed by atoms with Crippen LogP contribution in [0, 0.1) is 5.82 Å². The second-order valence-electron chi connectivity index (χ2n) is 4.61. The molecule has 2 rings (SSSR count). The number of rotatable bonds is 4. The fourth-order valence-electron chi connectivity index (χ4n) is 1.96. The van der Waals surface area contributed by atoms with Gasteiger partial charge in [0.1, 0.15) is 5.82 Å². The maximum atomic E-state index is 12.8. The van der Waals surface area contributed by atoms with Crippen molar-refractivity contribution in [3.63, 3.8) is 0 Å². The number of halogens is 1. The van der Waals surface area contributed by atoms with Gasteiger partial charge in [0.2, 0.25) is 5.91 Å². The van der Waals surface area contributed by atoms with Crippen LogP contribution in [0.15, 0.2) is 48.5 Å². The van der Waals surface area contributed by atoms with E-state index in [2.05, 4.69) is 5.32 Å². The van der Waals surface area contributed by atoms with Gasteiger partial charge in [-0.2, -0.15) is 0 Å². The highest BCUT2D eigenvalue weighted by Crippen LogP contribution is 2.22. The smallest absolute Gasteiger partial charge is 0.228 e. The van der Waals surface area contributed by atoms with Crippen LogP contribution in [0.4, 0.5) is 10.1 Å². The van der Waals surface area contributed by atoms with Gasteiger partial charge >= 0.3 is 0 Å². The Labute approximate surface area is 117 Å². The fraction of sp³-hybridized carbons (Fsp3) is 0.188. The number of aliphatic hydroxyl groups excluding tert-OH is 1. The third kappa shape index (κ3) is 3.65.